The highest BCUT2D eigenvalue weighted by Crippen LogP contribution is 2.43. The fourth-order valence-corrected chi connectivity index (χ4v) is 3.97. The molecule has 2 aliphatic heterocycles. The molecule has 31 heavy (non-hydrogen) atoms. The number of nitrogens with one attached hydrogen (secondary N) is 1. The summed E-state index contributed by atoms with van der Waals surface area (Å²) < 4.78 is 36.7. The Kier molecular flexibility index (Phi) is 6.32. The van der Waals surface area contributed by atoms with Gasteiger partial charge in [0.1, 0.15) is 6.26 Å². The van der Waals surface area contributed by atoms with E-state index < -0.39 is 12.1 Å². The number of carboxylic acid groups (broad SMARTS) is 1. The van der Waals surface area contributed by atoms with Crippen LogP contribution >= 0.6 is 0 Å². The number of likely N-dealkylation sites (tertiary alicyclic amines) is 1. The predicted molar refractivity (Wildman–Crippen MR) is 100 cm³/mol. The molecule has 4 heterocycles. The third kappa shape index (κ3) is 5.04. The lowest BCUT2D eigenvalue weighted by Gasteiger charge is -2.42. The molecule has 2 aromatic heterocycles. The van der Waals surface area contributed by atoms with Gasteiger partial charge in [-0.1, -0.05) is 6.07 Å². The summed E-state index contributed by atoms with van der Waals surface area (Å²) >= 11 is 0. The van der Waals surface area contributed by atoms with Crippen LogP contribution in [-0.2, 0) is 9.59 Å². The van der Waals surface area contributed by atoms with E-state index in [0.29, 0.717) is 25.1 Å². The van der Waals surface area contributed by atoms with Crippen LogP contribution in [0.4, 0.5) is 13.2 Å². The van der Waals surface area contributed by atoms with Crippen molar-refractivity contribution in [2.75, 3.05) is 13.1 Å². The lowest BCUT2D eigenvalue weighted by molar-refractivity contribution is -0.192. The maximum Gasteiger partial charge on any atom is 0.490 e. The van der Waals surface area contributed by atoms with Gasteiger partial charge in [-0.15, -0.1) is 0 Å². The summed E-state index contributed by atoms with van der Waals surface area (Å²) in [6.07, 6.45) is 3.48. The molecular weight excluding hydrogens is 419 g/mol. The van der Waals surface area contributed by atoms with Gasteiger partial charge in [0.25, 0.3) is 5.91 Å². The molecule has 2 N–H and O–H groups in total. The lowest BCUT2D eigenvalue weighted by atomic mass is 9.74. The standard InChI is InChI=1S/C18H19N3O3.C2HF3O2/c22-16-10-15(13-2-1-6-19-11-13)18(20-16)4-7-21(8-5-18)17(23)14-3-9-24-12-14;3-2(4,5)1(6)7/h1-3,6,9,11-12,15H,4-5,7-8,10H2,(H,20,22);(H,6,7). The number of piperidine rings is 1. The summed E-state index contributed by atoms with van der Waals surface area (Å²) in [5.41, 5.74) is 1.39. The van der Waals surface area contributed by atoms with Crippen LogP contribution < -0.4 is 5.32 Å². The Morgan fingerprint density at radius 3 is 2.45 bits per heavy atom. The van der Waals surface area contributed by atoms with Crippen LogP contribution in [0.3, 0.4) is 0 Å². The molecular formula is C20H20F3N3O5. The van der Waals surface area contributed by atoms with Gasteiger partial charge in [-0.25, -0.2) is 4.79 Å². The second-order valence-electron chi connectivity index (χ2n) is 7.35. The maximum atomic E-state index is 12.4. The van der Waals surface area contributed by atoms with E-state index in [1.54, 1.807) is 12.3 Å². The van der Waals surface area contributed by atoms with Crippen molar-refractivity contribution in [1.82, 2.24) is 15.2 Å². The average molecular weight is 439 g/mol. The number of carboxylic acids is 1. The average Bonchev–Trinajstić information content (AvgIpc) is 3.37. The van der Waals surface area contributed by atoms with E-state index in [2.05, 4.69) is 10.3 Å². The molecule has 1 unspecified atom stereocenters. The quantitative estimate of drug-likeness (QED) is 0.744. The van der Waals surface area contributed by atoms with Gasteiger partial charge in [0.15, 0.2) is 0 Å². The van der Waals surface area contributed by atoms with Gasteiger partial charge < -0.3 is 19.7 Å². The van der Waals surface area contributed by atoms with Crippen molar-refractivity contribution in [3.63, 3.8) is 0 Å². The summed E-state index contributed by atoms with van der Waals surface area (Å²) in [7, 11) is 0. The van der Waals surface area contributed by atoms with Crippen LogP contribution in [0.25, 0.3) is 0 Å². The second kappa shape index (κ2) is 8.78. The Morgan fingerprint density at radius 2 is 1.94 bits per heavy atom. The number of aliphatic carboxylic acids is 1. The highest BCUT2D eigenvalue weighted by molar-refractivity contribution is 5.94. The van der Waals surface area contributed by atoms with E-state index in [0.717, 1.165) is 18.4 Å². The zero-order chi connectivity index (χ0) is 22.6. The first kappa shape index (κ1) is 22.3. The molecule has 2 saturated heterocycles. The minimum Gasteiger partial charge on any atom is -0.475 e. The zero-order valence-electron chi connectivity index (χ0n) is 16.3. The van der Waals surface area contributed by atoms with Crippen molar-refractivity contribution >= 4 is 17.8 Å². The monoisotopic (exact) mass is 439 g/mol. The minimum absolute atomic E-state index is 0.0131. The first-order chi connectivity index (χ1) is 14.6. The minimum atomic E-state index is -5.08. The summed E-state index contributed by atoms with van der Waals surface area (Å²) in [6, 6.07) is 5.62. The molecule has 11 heteroatoms. The molecule has 2 fully saturated rings. The largest absolute Gasteiger partial charge is 0.490 e. The number of pyridine rings is 1. The van der Waals surface area contributed by atoms with Crippen LogP contribution in [0.15, 0.2) is 47.5 Å². The molecule has 0 aromatic carbocycles. The Balaban J connectivity index is 0.000000339. The molecule has 1 spiro atoms. The first-order valence-electron chi connectivity index (χ1n) is 9.45. The smallest absolute Gasteiger partial charge is 0.475 e. The number of rotatable bonds is 2. The zero-order valence-corrected chi connectivity index (χ0v) is 16.3. The van der Waals surface area contributed by atoms with Gasteiger partial charge in [-0.2, -0.15) is 13.2 Å². The van der Waals surface area contributed by atoms with Gasteiger partial charge in [0.2, 0.25) is 5.91 Å². The maximum absolute atomic E-state index is 12.4. The molecule has 1 atom stereocenters. The van der Waals surface area contributed by atoms with E-state index in [1.807, 2.05) is 23.2 Å². The number of hydrogen-bond acceptors (Lipinski definition) is 5. The summed E-state index contributed by atoms with van der Waals surface area (Å²) in [4.78, 5) is 39.5. The topological polar surface area (TPSA) is 113 Å². The number of furan rings is 1. The third-order valence-electron chi connectivity index (χ3n) is 5.49. The van der Waals surface area contributed by atoms with Crippen LogP contribution in [-0.4, -0.2) is 57.6 Å². The van der Waals surface area contributed by atoms with Crippen LogP contribution in [0.5, 0.6) is 0 Å². The molecule has 0 saturated carbocycles. The number of hydrogen-bond donors (Lipinski definition) is 2. The Morgan fingerprint density at radius 1 is 1.26 bits per heavy atom. The fourth-order valence-electron chi connectivity index (χ4n) is 3.97. The van der Waals surface area contributed by atoms with Crippen LogP contribution in [0, 0.1) is 0 Å². The molecule has 8 nitrogen and oxygen atoms in total. The van der Waals surface area contributed by atoms with Gasteiger partial charge in [-0.05, 0) is 30.5 Å². The van der Waals surface area contributed by atoms with Gasteiger partial charge in [0.05, 0.1) is 17.4 Å². The third-order valence-corrected chi connectivity index (χ3v) is 5.49. The van der Waals surface area contributed by atoms with Gasteiger partial charge >= 0.3 is 12.1 Å². The highest BCUT2D eigenvalue weighted by atomic mass is 19.4. The normalized spacial score (nSPS) is 20.0. The van der Waals surface area contributed by atoms with Crippen molar-refractivity contribution in [2.45, 2.75) is 36.9 Å². The van der Waals surface area contributed by atoms with E-state index in [1.165, 1.54) is 12.5 Å². The van der Waals surface area contributed by atoms with Crippen molar-refractivity contribution in [2.24, 2.45) is 0 Å². The summed E-state index contributed by atoms with van der Waals surface area (Å²) in [6.45, 7) is 1.25. The fraction of sp³-hybridized carbons (Fsp3) is 0.400. The van der Waals surface area contributed by atoms with E-state index in [9.17, 15) is 22.8 Å². The molecule has 4 rings (SSSR count). The van der Waals surface area contributed by atoms with Crippen LogP contribution in [0.1, 0.15) is 41.1 Å². The Hall–Kier alpha value is -3.37. The molecule has 166 valence electrons. The number of halogens is 3. The molecule has 0 radical (unpaired) electrons. The lowest BCUT2D eigenvalue weighted by Crippen LogP contribution is -2.54. The SMILES string of the molecule is O=C(O)C(F)(F)F.O=C1CC(c2cccnc2)C2(CCN(C(=O)c3ccoc3)CC2)N1. The van der Waals surface area contributed by atoms with E-state index >= 15 is 0 Å². The number of alkyl halides is 3. The number of carbonyl (C=O) groups excluding carboxylic acids is 2. The van der Waals surface area contributed by atoms with Gasteiger partial charge in [0, 0.05) is 37.8 Å². The number of carbonyl (C=O) groups is 3. The first-order valence-corrected chi connectivity index (χ1v) is 9.45. The van der Waals surface area contributed by atoms with Crippen molar-refractivity contribution in [3.8, 4) is 0 Å². The van der Waals surface area contributed by atoms with Crippen LogP contribution in [0.2, 0.25) is 0 Å². The highest BCUT2D eigenvalue weighted by Gasteiger charge is 2.49. The second-order valence-corrected chi connectivity index (χ2v) is 7.35. The Bertz CT molecular complexity index is 923. The molecule has 2 aliphatic rings. The van der Waals surface area contributed by atoms with Gasteiger partial charge in [-0.3, -0.25) is 14.6 Å². The van der Waals surface area contributed by atoms with E-state index in [-0.39, 0.29) is 23.3 Å². The molecule has 2 amide bonds. The van der Waals surface area contributed by atoms with Crippen molar-refractivity contribution < 1.29 is 37.1 Å². The number of aromatic nitrogens is 1. The number of amides is 2. The van der Waals surface area contributed by atoms with Crippen molar-refractivity contribution in [3.05, 3.63) is 54.2 Å². The number of nitrogens with zero attached hydrogens (tertiary/aromatic N) is 2. The summed E-state index contributed by atoms with van der Waals surface area (Å²) in [5, 5.41) is 10.3. The predicted octanol–water partition coefficient (Wildman–Crippen LogP) is 2.59. The summed E-state index contributed by atoms with van der Waals surface area (Å²) in [5.74, 6) is -2.57. The van der Waals surface area contributed by atoms with Crippen molar-refractivity contribution in [1.29, 1.82) is 0 Å². The molecule has 0 aliphatic carbocycles. The molecule has 0 bridgehead atoms. The Labute approximate surface area is 175 Å². The molecule has 2 aromatic rings. The van der Waals surface area contributed by atoms with E-state index in [4.69, 9.17) is 14.3 Å².